The molecule has 0 radical (unpaired) electrons. The van der Waals surface area contributed by atoms with E-state index in [4.69, 9.17) is 4.74 Å². The van der Waals surface area contributed by atoms with E-state index in [1.807, 2.05) is 60.7 Å². The topological polar surface area (TPSA) is 63.7 Å². The van der Waals surface area contributed by atoms with Gasteiger partial charge in [-0.2, -0.15) is 0 Å². The molecule has 0 spiro atoms. The van der Waals surface area contributed by atoms with Crippen molar-refractivity contribution in [1.82, 2.24) is 4.90 Å². The van der Waals surface area contributed by atoms with Gasteiger partial charge < -0.3 is 9.64 Å². The number of hydrogen-bond acceptors (Lipinski definition) is 4. The average Bonchev–Trinajstić information content (AvgIpc) is 2.91. The standard InChI is InChI=1S/C21H20BrNO4S/c1-21(2)17(23-18(24)15(22)19(23)28(21)26)20(25)27-16(13-9-5-3-6-10-13)14-11-7-4-8-12-14/h3-12,15-17,19H,1-2H3/t15-,17+,19-,28?/m1/s1. The van der Waals surface area contributed by atoms with Gasteiger partial charge in [0.25, 0.3) is 0 Å². The predicted octanol–water partition coefficient (Wildman–Crippen LogP) is 3.16. The van der Waals surface area contributed by atoms with E-state index in [9.17, 15) is 13.8 Å². The third kappa shape index (κ3) is 2.92. The molecule has 1 amide bonds. The van der Waals surface area contributed by atoms with E-state index in [2.05, 4.69) is 15.9 Å². The highest BCUT2D eigenvalue weighted by atomic mass is 79.9. The molecule has 2 heterocycles. The summed E-state index contributed by atoms with van der Waals surface area (Å²) in [6, 6.07) is 18.1. The van der Waals surface area contributed by atoms with Crippen LogP contribution in [0.5, 0.6) is 0 Å². The smallest absolute Gasteiger partial charge is 0.331 e. The zero-order valence-corrected chi connectivity index (χ0v) is 17.9. The number of β-lactam (4-membered cyclic amide) rings is 1. The van der Waals surface area contributed by atoms with Crippen LogP contribution in [0.25, 0.3) is 0 Å². The highest BCUT2D eigenvalue weighted by molar-refractivity contribution is 9.10. The highest BCUT2D eigenvalue weighted by Gasteiger charge is 2.67. The van der Waals surface area contributed by atoms with E-state index < -0.39 is 43.9 Å². The van der Waals surface area contributed by atoms with Gasteiger partial charge in [0.15, 0.2) is 6.10 Å². The molecule has 0 aliphatic carbocycles. The van der Waals surface area contributed by atoms with Crippen LogP contribution in [0.4, 0.5) is 0 Å². The van der Waals surface area contributed by atoms with E-state index in [1.165, 1.54) is 4.90 Å². The minimum atomic E-state index is -1.37. The fourth-order valence-corrected chi connectivity index (χ4v) is 6.75. The fourth-order valence-electron chi connectivity index (χ4n) is 3.85. The Hall–Kier alpha value is -1.99. The first-order chi connectivity index (χ1) is 13.3. The maximum absolute atomic E-state index is 13.2. The Kier molecular flexibility index (Phi) is 4.91. The number of esters is 1. The summed E-state index contributed by atoms with van der Waals surface area (Å²) in [6.07, 6.45) is -0.602. The van der Waals surface area contributed by atoms with E-state index in [1.54, 1.807) is 13.8 Å². The number of carbonyl (C=O) groups excluding carboxylic acids is 2. The summed E-state index contributed by atoms with van der Waals surface area (Å²) in [6.45, 7) is 3.50. The lowest BCUT2D eigenvalue weighted by Crippen LogP contribution is -2.64. The Bertz CT molecular complexity index is 894. The van der Waals surface area contributed by atoms with Gasteiger partial charge in [0, 0.05) is 0 Å². The van der Waals surface area contributed by atoms with Gasteiger partial charge in [-0.1, -0.05) is 76.6 Å². The maximum atomic E-state index is 13.2. The first kappa shape index (κ1) is 19.3. The Morgan fingerprint density at radius 2 is 1.57 bits per heavy atom. The zero-order chi connectivity index (χ0) is 20.1. The molecule has 1 unspecified atom stereocenters. The van der Waals surface area contributed by atoms with Crippen LogP contribution in [0.15, 0.2) is 60.7 Å². The minimum Gasteiger partial charge on any atom is -0.451 e. The van der Waals surface area contributed by atoms with Gasteiger partial charge in [-0.05, 0) is 25.0 Å². The maximum Gasteiger partial charge on any atom is 0.331 e. The molecule has 2 aromatic carbocycles. The number of nitrogens with zero attached hydrogens (tertiary/aromatic N) is 1. The lowest BCUT2D eigenvalue weighted by atomic mass is 9.97. The van der Waals surface area contributed by atoms with Gasteiger partial charge in [0.2, 0.25) is 5.91 Å². The lowest BCUT2D eigenvalue weighted by molar-refractivity contribution is -0.163. The molecule has 0 N–H and O–H groups in total. The molecular weight excluding hydrogens is 442 g/mol. The molecular formula is C21H20BrNO4S. The highest BCUT2D eigenvalue weighted by Crippen LogP contribution is 2.46. The van der Waals surface area contributed by atoms with Crippen LogP contribution in [0.2, 0.25) is 0 Å². The van der Waals surface area contributed by atoms with Crippen molar-refractivity contribution in [2.75, 3.05) is 0 Å². The van der Waals surface area contributed by atoms with Crippen molar-refractivity contribution in [3.05, 3.63) is 71.8 Å². The molecule has 0 aromatic heterocycles. The van der Waals surface area contributed by atoms with Crippen molar-refractivity contribution in [2.24, 2.45) is 0 Å². The second-order valence-corrected chi connectivity index (χ2v) is 10.6. The van der Waals surface area contributed by atoms with Gasteiger partial charge in [-0.3, -0.25) is 9.00 Å². The van der Waals surface area contributed by atoms with E-state index >= 15 is 0 Å². The van der Waals surface area contributed by atoms with Gasteiger partial charge in [-0.15, -0.1) is 0 Å². The van der Waals surface area contributed by atoms with E-state index in [0.717, 1.165) is 11.1 Å². The molecule has 2 fully saturated rings. The van der Waals surface area contributed by atoms with Crippen molar-refractivity contribution in [3.63, 3.8) is 0 Å². The minimum absolute atomic E-state index is 0.221. The number of carbonyl (C=O) groups is 2. The number of fused-ring (bicyclic) bond motifs is 1. The molecule has 2 aliphatic heterocycles. The molecule has 28 heavy (non-hydrogen) atoms. The fraction of sp³-hybridized carbons (Fsp3) is 0.333. The van der Waals surface area contributed by atoms with Crippen LogP contribution < -0.4 is 0 Å². The summed E-state index contributed by atoms with van der Waals surface area (Å²) in [7, 11) is -1.37. The number of hydrogen-bond donors (Lipinski definition) is 0. The van der Waals surface area contributed by atoms with Crippen LogP contribution in [0.1, 0.15) is 31.1 Å². The molecule has 4 atom stereocenters. The quantitative estimate of drug-likeness (QED) is 0.398. The summed E-state index contributed by atoms with van der Waals surface area (Å²) in [5.74, 6) is -0.756. The summed E-state index contributed by atoms with van der Waals surface area (Å²) < 4.78 is 17.9. The van der Waals surface area contributed by atoms with Gasteiger partial charge in [0.1, 0.15) is 16.2 Å². The number of rotatable bonds is 4. The molecule has 7 heteroatoms. The second-order valence-electron chi connectivity index (χ2n) is 7.48. The molecule has 5 nitrogen and oxygen atoms in total. The van der Waals surface area contributed by atoms with E-state index in [-0.39, 0.29) is 5.91 Å². The molecule has 2 aliphatic rings. The van der Waals surface area contributed by atoms with Crippen molar-refractivity contribution in [3.8, 4) is 0 Å². The van der Waals surface area contributed by atoms with E-state index in [0.29, 0.717) is 0 Å². The van der Waals surface area contributed by atoms with Crippen LogP contribution >= 0.6 is 15.9 Å². The number of ether oxygens (including phenoxy) is 1. The Balaban J connectivity index is 1.67. The summed E-state index contributed by atoms with van der Waals surface area (Å²) in [4.78, 5) is 26.5. The largest absolute Gasteiger partial charge is 0.451 e. The Morgan fingerprint density at radius 3 is 2.07 bits per heavy atom. The summed E-state index contributed by atoms with van der Waals surface area (Å²) in [5, 5.41) is -0.494. The van der Waals surface area contributed by atoms with Crippen molar-refractivity contribution >= 4 is 38.6 Å². The number of alkyl halides is 1. The van der Waals surface area contributed by atoms with Gasteiger partial charge in [0.05, 0.1) is 15.5 Å². The lowest BCUT2D eigenvalue weighted by Gasteiger charge is -2.40. The summed E-state index contributed by atoms with van der Waals surface area (Å²) >= 11 is 3.29. The molecule has 2 saturated heterocycles. The second kappa shape index (κ2) is 7.12. The van der Waals surface area contributed by atoms with Crippen LogP contribution in [0.3, 0.4) is 0 Å². The van der Waals surface area contributed by atoms with Crippen LogP contribution in [0, 0.1) is 0 Å². The molecule has 0 bridgehead atoms. The molecule has 0 saturated carbocycles. The van der Waals surface area contributed by atoms with Crippen molar-refractivity contribution < 1.29 is 18.5 Å². The third-order valence-corrected chi connectivity index (χ3v) is 8.79. The van der Waals surface area contributed by atoms with Crippen LogP contribution in [-0.4, -0.2) is 42.0 Å². The van der Waals surface area contributed by atoms with Crippen molar-refractivity contribution in [1.29, 1.82) is 0 Å². The molecule has 146 valence electrons. The molecule has 2 aromatic rings. The average molecular weight is 462 g/mol. The Morgan fingerprint density at radius 1 is 1.07 bits per heavy atom. The first-order valence-corrected chi connectivity index (χ1v) is 11.1. The predicted molar refractivity (Wildman–Crippen MR) is 110 cm³/mol. The Labute approximate surface area is 174 Å². The van der Waals surface area contributed by atoms with Crippen molar-refractivity contribution in [2.45, 2.75) is 40.9 Å². The molecule has 4 rings (SSSR count). The monoisotopic (exact) mass is 461 g/mol. The number of benzene rings is 2. The first-order valence-electron chi connectivity index (χ1n) is 9.01. The van der Waals surface area contributed by atoms with Gasteiger partial charge >= 0.3 is 5.97 Å². The third-order valence-electron chi connectivity index (χ3n) is 5.35. The summed E-state index contributed by atoms with van der Waals surface area (Å²) in [5.41, 5.74) is 1.67. The SMILES string of the molecule is CC1(C)[C@H](C(=O)OC(c2ccccc2)c2ccccc2)N2C(=O)[C@@H](Br)[C@H]2S1=O. The van der Waals surface area contributed by atoms with Gasteiger partial charge in [-0.25, -0.2) is 4.79 Å². The zero-order valence-electron chi connectivity index (χ0n) is 15.4. The number of amides is 1. The normalized spacial score (nSPS) is 28.0. The van der Waals surface area contributed by atoms with Crippen LogP contribution in [-0.2, 0) is 25.1 Å². The number of halogens is 1.